The van der Waals surface area contributed by atoms with Crippen molar-refractivity contribution in [3.8, 4) is 6.07 Å². The number of fused-ring (bicyclic) bond motifs is 1. The first-order valence-corrected chi connectivity index (χ1v) is 10.9. The Hall–Kier alpha value is -2.17. The molecule has 0 aliphatic heterocycles. The third-order valence-corrected chi connectivity index (χ3v) is 7.91. The van der Waals surface area contributed by atoms with Gasteiger partial charge in [0.25, 0.3) is 5.91 Å². The Morgan fingerprint density at radius 1 is 1.27 bits per heavy atom. The number of rotatable bonds is 4. The monoisotopic (exact) mass is 388 g/mol. The van der Waals surface area contributed by atoms with Crippen LogP contribution >= 0.6 is 11.3 Å². The normalized spacial score (nSPS) is 13.9. The van der Waals surface area contributed by atoms with Crippen LogP contribution in [0.25, 0.3) is 0 Å². The van der Waals surface area contributed by atoms with Crippen LogP contribution in [0.2, 0.25) is 0 Å². The zero-order chi connectivity index (χ0) is 18.9. The first kappa shape index (κ1) is 18.6. The van der Waals surface area contributed by atoms with E-state index in [0.29, 0.717) is 10.6 Å². The number of aryl methyl sites for hydroxylation is 1. The summed E-state index contributed by atoms with van der Waals surface area (Å²) in [5.74, 6) is -0.402. The fourth-order valence-electron chi connectivity index (χ4n) is 3.03. The minimum Gasteiger partial charge on any atom is -0.312 e. The van der Waals surface area contributed by atoms with E-state index in [1.165, 1.54) is 28.3 Å². The number of hydrogen-bond acceptors (Lipinski definition) is 5. The number of nitrogens with zero attached hydrogens (tertiary/aromatic N) is 1. The molecule has 1 aliphatic carbocycles. The van der Waals surface area contributed by atoms with Gasteiger partial charge in [-0.1, -0.05) is 6.07 Å². The van der Waals surface area contributed by atoms with Crippen molar-refractivity contribution in [1.29, 1.82) is 5.26 Å². The van der Waals surface area contributed by atoms with Crippen LogP contribution in [-0.4, -0.2) is 19.6 Å². The van der Waals surface area contributed by atoms with Gasteiger partial charge in [-0.15, -0.1) is 11.3 Å². The molecule has 136 valence electrons. The van der Waals surface area contributed by atoms with E-state index < -0.39 is 21.0 Å². The number of carbonyl (C=O) groups excluding carboxylic acids is 1. The van der Waals surface area contributed by atoms with Gasteiger partial charge in [-0.05, 0) is 63.3 Å². The summed E-state index contributed by atoms with van der Waals surface area (Å²) in [5, 5.41) is 12.3. The maximum atomic E-state index is 12.6. The Morgan fingerprint density at radius 3 is 2.69 bits per heavy atom. The summed E-state index contributed by atoms with van der Waals surface area (Å²) in [5.41, 5.74) is 1.86. The van der Waals surface area contributed by atoms with Crippen LogP contribution < -0.4 is 5.32 Å². The Morgan fingerprint density at radius 2 is 2.00 bits per heavy atom. The molecule has 7 heteroatoms. The fraction of sp³-hybridized carbons (Fsp3) is 0.368. The highest BCUT2D eigenvalue weighted by atomic mass is 32.2. The van der Waals surface area contributed by atoms with Gasteiger partial charge in [-0.3, -0.25) is 4.79 Å². The van der Waals surface area contributed by atoms with Gasteiger partial charge in [0.05, 0.1) is 15.7 Å². The van der Waals surface area contributed by atoms with Gasteiger partial charge in [0, 0.05) is 10.4 Å². The maximum absolute atomic E-state index is 12.6. The van der Waals surface area contributed by atoms with Crippen molar-refractivity contribution in [3.05, 3.63) is 45.8 Å². The van der Waals surface area contributed by atoms with Crippen molar-refractivity contribution < 1.29 is 13.2 Å². The molecular formula is C19H20N2O3S2. The van der Waals surface area contributed by atoms with E-state index in [9.17, 15) is 18.5 Å². The van der Waals surface area contributed by atoms with E-state index >= 15 is 0 Å². The van der Waals surface area contributed by atoms with Crippen LogP contribution in [0.4, 0.5) is 5.00 Å². The molecule has 0 atom stereocenters. The fourth-order valence-corrected chi connectivity index (χ4v) is 5.37. The Labute approximate surface area is 157 Å². The Bertz CT molecular complexity index is 998. The first-order valence-electron chi connectivity index (χ1n) is 8.54. The van der Waals surface area contributed by atoms with Gasteiger partial charge in [-0.25, -0.2) is 8.42 Å². The summed E-state index contributed by atoms with van der Waals surface area (Å²) in [4.78, 5) is 13.9. The topological polar surface area (TPSA) is 87.0 Å². The lowest BCUT2D eigenvalue weighted by Gasteiger charge is -2.10. The lowest BCUT2D eigenvalue weighted by Crippen LogP contribution is -2.16. The van der Waals surface area contributed by atoms with Crippen molar-refractivity contribution in [2.75, 3.05) is 5.32 Å². The van der Waals surface area contributed by atoms with Gasteiger partial charge in [0.15, 0.2) is 9.84 Å². The highest BCUT2D eigenvalue weighted by Crippen LogP contribution is 2.37. The number of benzene rings is 1. The molecule has 0 saturated heterocycles. The zero-order valence-electron chi connectivity index (χ0n) is 14.7. The third kappa shape index (κ3) is 3.39. The lowest BCUT2D eigenvalue weighted by atomic mass is 9.96. The summed E-state index contributed by atoms with van der Waals surface area (Å²) >= 11 is 1.45. The Kier molecular flexibility index (Phi) is 5.17. The van der Waals surface area contributed by atoms with E-state index in [1.54, 1.807) is 26.0 Å². The number of nitrogens with one attached hydrogen (secondary N) is 1. The predicted molar refractivity (Wildman–Crippen MR) is 102 cm³/mol. The van der Waals surface area contributed by atoms with Crippen LogP contribution in [0.15, 0.2) is 29.2 Å². The average Bonchev–Trinajstić information content (AvgIpc) is 2.98. The first-order chi connectivity index (χ1) is 12.3. The van der Waals surface area contributed by atoms with E-state index in [4.69, 9.17) is 0 Å². The summed E-state index contributed by atoms with van der Waals surface area (Å²) in [7, 11) is -3.45. The molecule has 3 rings (SSSR count). The third-order valence-electron chi connectivity index (χ3n) is 4.56. The molecule has 0 fully saturated rings. The van der Waals surface area contributed by atoms with Crippen molar-refractivity contribution in [2.24, 2.45) is 0 Å². The predicted octanol–water partition coefficient (Wildman–Crippen LogP) is 3.93. The molecule has 5 nitrogen and oxygen atoms in total. The molecule has 0 radical (unpaired) electrons. The highest BCUT2D eigenvalue weighted by Gasteiger charge is 2.23. The van der Waals surface area contributed by atoms with Crippen LogP contribution in [0.1, 0.15) is 53.1 Å². The molecule has 1 amide bonds. The number of sulfone groups is 1. The van der Waals surface area contributed by atoms with E-state index in [1.807, 2.05) is 0 Å². The van der Waals surface area contributed by atoms with Gasteiger partial charge >= 0.3 is 0 Å². The van der Waals surface area contributed by atoms with E-state index in [-0.39, 0.29) is 10.5 Å². The quantitative estimate of drug-likeness (QED) is 0.859. The molecule has 0 unspecified atom stereocenters. The number of amides is 1. The second-order valence-corrected chi connectivity index (χ2v) is 10.2. The van der Waals surface area contributed by atoms with Gasteiger partial charge < -0.3 is 5.32 Å². The number of anilines is 1. The zero-order valence-corrected chi connectivity index (χ0v) is 16.3. The van der Waals surface area contributed by atoms with Crippen molar-refractivity contribution in [1.82, 2.24) is 0 Å². The second-order valence-electron chi connectivity index (χ2n) is 6.60. The molecule has 1 N–H and O–H groups in total. The molecule has 1 aromatic carbocycles. The minimum absolute atomic E-state index is 0.131. The van der Waals surface area contributed by atoms with Crippen molar-refractivity contribution in [2.45, 2.75) is 49.7 Å². The van der Waals surface area contributed by atoms with E-state index in [2.05, 4.69) is 11.4 Å². The second kappa shape index (κ2) is 7.22. The SMILES string of the molecule is CC(C)S(=O)(=O)c1cccc(C(=O)Nc2sc3c(c2C#N)CCCC3)c1. The largest absolute Gasteiger partial charge is 0.312 e. The van der Waals surface area contributed by atoms with Crippen LogP contribution in [-0.2, 0) is 22.7 Å². The van der Waals surface area contributed by atoms with Crippen LogP contribution in [0, 0.1) is 11.3 Å². The molecule has 0 bridgehead atoms. The van der Waals surface area contributed by atoms with Crippen molar-refractivity contribution in [3.63, 3.8) is 0 Å². The molecule has 0 spiro atoms. The molecule has 2 aromatic rings. The summed E-state index contributed by atoms with van der Waals surface area (Å²) in [6.07, 6.45) is 3.96. The number of hydrogen-bond donors (Lipinski definition) is 1. The molecule has 1 heterocycles. The maximum Gasteiger partial charge on any atom is 0.256 e. The van der Waals surface area contributed by atoms with Crippen LogP contribution in [0.5, 0.6) is 0 Å². The summed E-state index contributed by atoms with van der Waals surface area (Å²) in [6.45, 7) is 3.22. The van der Waals surface area contributed by atoms with Crippen LogP contribution in [0.3, 0.4) is 0 Å². The molecule has 26 heavy (non-hydrogen) atoms. The minimum atomic E-state index is -3.45. The molecule has 0 saturated carbocycles. The summed E-state index contributed by atoms with van der Waals surface area (Å²) in [6, 6.07) is 8.24. The number of carbonyl (C=O) groups is 1. The van der Waals surface area contributed by atoms with E-state index in [0.717, 1.165) is 31.2 Å². The smallest absolute Gasteiger partial charge is 0.256 e. The average molecular weight is 389 g/mol. The van der Waals surface area contributed by atoms with Gasteiger partial charge in [0.1, 0.15) is 11.1 Å². The van der Waals surface area contributed by atoms with Crippen molar-refractivity contribution >= 4 is 32.1 Å². The van der Waals surface area contributed by atoms with Gasteiger partial charge in [-0.2, -0.15) is 5.26 Å². The number of thiophene rings is 1. The summed E-state index contributed by atoms with van der Waals surface area (Å²) < 4.78 is 24.7. The molecule has 1 aliphatic rings. The molecule has 1 aromatic heterocycles. The van der Waals surface area contributed by atoms with Gasteiger partial charge in [0.2, 0.25) is 0 Å². The number of nitriles is 1. The lowest BCUT2D eigenvalue weighted by molar-refractivity contribution is 0.102. The molecular weight excluding hydrogens is 368 g/mol. The standard InChI is InChI=1S/C19H20N2O3S2/c1-12(2)26(23,24)14-7-5-6-13(10-14)18(22)21-19-16(11-20)15-8-3-4-9-17(15)25-19/h5-7,10,12H,3-4,8-9H2,1-2H3,(H,21,22). The Balaban J connectivity index is 1.90. The highest BCUT2D eigenvalue weighted by molar-refractivity contribution is 7.92.